The van der Waals surface area contributed by atoms with E-state index in [0.717, 1.165) is 17.0 Å². The number of halogens is 1. The van der Waals surface area contributed by atoms with Gasteiger partial charge in [0.15, 0.2) is 0 Å². The van der Waals surface area contributed by atoms with Gasteiger partial charge in [0.25, 0.3) is 0 Å². The molecule has 0 bridgehead atoms. The zero-order valence-corrected chi connectivity index (χ0v) is 13.7. The van der Waals surface area contributed by atoms with E-state index in [0.29, 0.717) is 11.6 Å². The molecule has 8 heteroatoms. The Morgan fingerprint density at radius 2 is 2.00 bits per heavy atom. The Labute approximate surface area is 140 Å². The van der Waals surface area contributed by atoms with Crippen LogP contribution in [0.4, 0.5) is 5.69 Å². The van der Waals surface area contributed by atoms with Crippen molar-refractivity contribution in [3.8, 4) is 11.5 Å². The van der Waals surface area contributed by atoms with Crippen LogP contribution in [0.25, 0.3) is 11.5 Å². The van der Waals surface area contributed by atoms with Crippen molar-refractivity contribution in [2.24, 2.45) is 5.73 Å². The highest BCUT2D eigenvalue weighted by atomic mass is 35.5. The molecule has 0 radical (unpaired) electrons. The minimum Gasteiger partial charge on any atom is -0.441 e. The minimum atomic E-state index is -0.380. The number of hydrogen-bond donors (Lipinski definition) is 3. The summed E-state index contributed by atoms with van der Waals surface area (Å²) in [5.74, 6) is 0.546. The van der Waals surface area contributed by atoms with Crippen molar-refractivity contribution in [3.63, 3.8) is 0 Å². The lowest BCUT2D eigenvalue weighted by molar-refractivity contribution is -0.123. The van der Waals surface area contributed by atoms with Gasteiger partial charge in [0.05, 0.1) is 18.8 Å². The van der Waals surface area contributed by atoms with E-state index < -0.39 is 0 Å². The molecule has 0 saturated heterocycles. The molecule has 0 aliphatic rings. The molecule has 4 N–H and O–H groups in total. The highest BCUT2D eigenvalue weighted by molar-refractivity contribution is 5.95. The van der Waals surface area contributed by atoms with Crippen LogP contribution < -0.4 is 16.4 Å². The van der Waals surface area contributed by atoms with Gasteiger partial charge in [-0.25, -0.2) is 4.98 Å². The summed E-state index contributed by atoms with van der Waals surface area (Å²) in [5, 5.41) is 5.09. The molecule has 23 heavy (non-hydrogen) atoms. The quantitative estimate of drug-likeness (QED) is 0.763. The highest BCUT2D eigenvalue weighted by Gasteiger charge is 2.10. The van der Waals surface area contributed by atoms with Crippen LogP contribution in [0.3, 0.4) is 0 Å². The third-order valence-electron chi connectivity index (χ3n) is 3.05. The number of amides is 2. The summed E-state index contributed by atoms with van der Waals surface area (Å²) in [4.78, 5) is 27.1. The smallest absolute Gasteiger partial charge is 0.243 e. The van der Waals surface area contributed by atoms with Gasteiger partial charge in [-0.3, -0.25) is 9.59 Å². The zero-order chi connectivity index (χ0) is 16.1. The van der Waals surface area contributed by atoms with E-state index in [4.69, 9.17) is 10.2 Å². The maximum Gasteiger partial charge on any atom is 0.243 e. The van der Waals surface area contributed by atoms with Gasteiger partial charge in [-0.15, -0.1) is 12.4 Å². The molecule has 0 saturated carbocycles. The van der Waals surface area contributed by atoms with Gasteiger partial charge in [-0.2, -0.15) is 0 Å². The molecule has 2 aromatic rings. The molecule has 0 atom stereocenters. The van der Waals surface area contributed by atoms with Gasteiger partial charge in [-0.1, -0.05) is 6.07 Å². The van der Waals surface area contributed by atoms with Crippen molar-refractivity contribution < 1.29 is 14.0 Å². The predicted molar refractivity (Wildman–Crippen MR) is 89.4 cm³/mol. The second-order valence-electron chi connectivity index (χ2n) is 4.77. The third-order valence-corrected chi connectivity index (χ3v) is 3.05. The highest BCUT2D eigenvalue weighted by Crippen LogP contribution is 2.23. The second-order valence-corrected chi connectivity index (χ2v) is 4.77. The van der Waals surface area contributed by atoms with E-state index in [1.54, 1.807) is 18.2 Å². The number of oxazole rings is 1. The molecular formula is C15H19ClN4O3. The molecule has 0 aliphatic carbocycles. The number of nitrogens with zero attached hydrogens (tertiary/aromatic N) is 1. The first-order valence-corrected chi connectivity index (χ1v) is 6.80. The molecule has 2 rings (SSSR count). The van der Waals surface area contributed by atoms with Gasteiger partial charge in [-0.05, 0) is 32.0 Å². The lowest BCUT2D eigenvalue weighted by Crippen LogP contribution is -2.36. The molecule has 124 valence electrons. The summed E-state index contributed by atoms with van der Waals surface area (Å²) in [6.07, 6.45) is 0. The first-order chi connectivity index (χ1) is 10.5. The summed E-state index contributed by atoms with van der Waals surface area (Å²) >= 11 is 0. The molecule has 0 spiro atoms. The van der Waals surface area contributed by atoms with Crippen LogP contribution >= 0.6 is 12.4 Å². The van der Waals surface area contributed by atoms with Crippen molar-refractivity contribution in [2.75, 3.05) is 18.4 Å². The van der Waals surface area contributed by atoms with Crippen LogP contribution in [0.2, 0.25) is 0 Å². The Bertz CT molecular complexity index is 680. The fourth-order valence-electron chi connectivity index (χ4n) is 1.78. The minimum absolute atomic E-state index is 0. The second kappa shape index (κ2) is 8.30. The van der Waals surface area contributed by atoms with Crippen LogP contribution in [-0.2, 0) is 9.59 Å². The van der Waals surface area contributed by atoms with Crippen molar-refractivity contribution in [1.82, 2.24) is 10.3 Å². The largest absolute Gasteiger partial charge is 0.441 e. The molecule has 0 fully saturated rings. The van der Waals surface area contributed by atoms with Gasteiger partial charge >= 0.3 is 0 Å². The number of aryl methyl sites for hydroxylation is 2. The first-order valence-electron chi connectivity index (χ1n) is 6.80. The number of nitrogens with two attached hydrogens (primary N) is 1. The maximum atomic E-state index is 11.7. The molecule has 0 aliphatic heterocycles. The van der Waals surface area contributed by atoms with E-state index in [9.17, 15) is 9.59 Å². The lowest BCUT2D eigenvalue weighted by atomic mass is 10.2. The van der Waals surface area contributed by atoms with Crippen LogP contribution in [0.1, 0.15) is 11.5 Å². The SMILES string of the molecule is Cc1nc(-c2cccc(NC(=O)CNC(=O)CN)c2)oc1C.Cl. The third kappa shape index (κ3) is 5.08. The maximum absolute atomic E-state index is 11.7. The van der Waals surface area contributed by atoms with Gasteiger partial charge in [0, 0.05) is 11.3 Å². The molecule has 1 heterocycles. The van der Waals surface area contributed by atoms with E-state index in [1.165, 1.54) is 0 Å². The van der Waals surface area contributed by atoms with Crippen molar-refractivity contribution in [2.45, 2.75) is 13.8 Å². The van der Waals surface area contributed by atoms with Crippen molar-refractivity contribution in [1.29, 1.82) is 0 Å². The number of aromatic nitrogens is 1. The average Bonchev–Trinajstić information content (AvgIpc) is 2.84. The van der Waals surface area contributed by atoms with Crippen LogP contribution in [0.15, 0.2) is 28.7 Å². The van der Waals surface area contributed by atoms with Gasteiger partial charge in [0.1, 0.15) is 5.76 Å². The summed E-state index contributed by atoms with van der Waals surface area (Å²) < 4.78 is 5.56. The van der Waals surface area contributed by atoms with Crippen LogP contribution in [-0.4, -0.2) is 29.9 Å². The van der Waals surface area contributed by atoms with Crippen molar-refractivity contribution >= 4 is 29.9 Å². The van der Waals surface area contributed by atoms with E-state index >= 15 is 0 Å². The topological polar surface area (TPSA) is 110 Å². The Hall–Kier alpha value is -2.38. The van der Waals surface area contributed by atoms with E-state index in [2.05, 4.69) is 15.6 Å². The fraction of sp³-hybridized carbons (Fsp3) is 0.267. The fourth-order valence-corrected chi connectivity index (χ4v) is 1.78. The Morgan fingerprint density at radius 3 is 2.61 bits per heavy atom. The number of anilines is 1. The first kappa shape index (κ1) is 18.7. The summed E-state index contributed by atoms with van der Waals surface area (Å²) in [5.41, 5.74) is 7.34. The Balaban J connectivity index is 0.00000264. The molecule has 0 unspecified atom stereocenters. The van der Waals surface area contributed by atoms with Gasteiger partial charge in [0.2, 0.25) is 17.7 Å². The predicted octanol–water partition coefficient (Wildman–Crippen LogP) is 1.39. The number of benzene rings is 1. The standard InChI is InChI=1S/C15H18N4O3.ClH/c1-9-10(2)22-15(18-9)11-4-3-5-12(6-11)19-14(21)8-17-13(20)7-16;/h3-6H,7-8,16H2,1-2H3,(H,17,20)(H,19,21);1H. The lowest BCUT2D eigenvalue weighted by Gasteiger charge is -2.07. The van der Waals surface area contributed by atoms with Crippen molar-refractivity contribution in [3.05, 3.63) is 35.7 Å². The number of carbonyl (C=O) groups is 2. The summed E-state index contributed by atoms with van der Waals surface area (Å²) in [7, 11) is 0. The number of nitrogens with one attached hydrogen (secondary N) is 2. The molecule has 7 nitrogen and oxygen atoms in total. The number of hydrogen-bond acceptors (Lipinski definition) is 5. The number of carbonyl (C=O) groups excluding carboxylic acids is 2. The van der Waals surface area contributed by atoms with E-state index in [1.807, 2.05) is 19.9 Å². The molecule has 1 aromatic heterocycles. The van der Waals surface area contributed by atoms with Crippen LogP contribution in [0.5, 0.6) is 0 Å². The average molecular weight is 339 g/mol. The normalized spacial score (nSPS) is 9.87. The number of rotatable bonds is 5. The molecular weight excluding hydrogens is 320 g/mol. The van der Waals surface area contributed by atoms with Crippen LogP contribution in [0, 0.1) is 13.8 Å². The molecule has 2 amide bonds. The zero-order valence-electron chi connectivity index (χ0n) is 12.9. The monoisotopic (exact) mass is 338 g/mol. The van der Waals surface area contributed by atoms with E-state index in [-0.39, 0.29) is 37.3 Å². The summed E-state index contributed by atoms with van der Waals surface area (Å²) in [6.45, 7) is 3.44. The molecule has 1 aromatic carbocycles. The Kier molecular flexibility index (Phi) is 6.74. The summed E-state index contributed by atoms with van der Waals surface area (Å²) in [6, 6.07) is 7.14. The Morgan fingerprint density at radius 1 is 1.26 bits per heavy atom. The van der Waals surface area contributed by atoms with Gasteiger partial charge < -0.3 is 20.8 Å².